The van der Waals surface area contributed by atoms with E-state index in [1.807, 2.05) is 18.2 Å². The van der Waals surface area contributed by atoms with Crippen molar-refractivity contribution in [2.24, 2.45) is 23.7 Å². The average Bonchev–Trinajstić information content (AvgIpc) is 3.42. The summed E-state index contributed by atoms with van der Waals surface area (Å²) in [6, 6.07) is 15.9. The van der Waals surface area contributed by atoms with Crippen LogP contribution in [0, 0.1) is 23.7 Å². The maximum absolute atomic E-state index is 13.0. The van der Waals surface area contributed by atoms with Crippen molar-refractivity contribution in [1.29, 1.82) is 0 Å². The Morgan fingerprint density at radius 2 is 1.62 bits per heavy atom. The first kappa shape index (κ1) is 17.9. The third-order valence-electron chi connectivity index (χ3n) is 6.29. The monoisotopic (exact) mass is 387 g/mol. The van der Waals surface area contributed by atoms with Gasteiger partial charge in [-0.3, -0.25) is 14.4 Å². The Balaban J connectivity index is 1.36. The lowest BCUT2D eigenvalue weighted by atomic mass is 9.85. The Morgan fingerprint density at radius 1 is 0.966 bits per heavy atom. The molecule has 5 heteroatoms. The van der Waals surface area contributed by atoms with Gasteiger partial charge in [0.05, 0.1) is 17.5 Å². The number of carbonyl (C=O) groups excluding carboxylic acids is 3. The number of fused-ring (bicyclic) bond motifs is 5. The van der Waals surface area contributed by atoms with Gasteiger partial charge in [-0.2, -0.15) is 0 Å². The van der Waals surface area contributed by atoms with Crippen LogP contribution in [0.15, 0.2) is 66.7 Å². The largest absolute Gasteiger partial charge is 0.482 e. The molecular weight excluding hydrogens is 366 g/mol. The van der Waals surface area contributed by atoms with E-state index in [4.69, 9.17) is 4.74 Å². The predicted molar refractivity (Wildman–Crippen MR) is 108 cm³/mol. The zero-order valence-corrected chi connectivity index (χ0v) is 16.0. The van der Waals surface area contributed by atoms with Gasteiger partial charge in [-0.25, -0.2) is 4.90 Å². The molecule has 2 aromatic carbocycles. The molecular formula is C24H21NO4. The maximum atomic E-state index is 13.0. The third-order valence-corrected chi connectivity index (χ3v) is 6.29. The van der Waals surface area contributed by atoms with E-state index < -0.39 is 6.10 Å². The van der Waals surface area contributed by atoms with Gasteiger partial charge in [0.25, 0.3) is 0 Å². The highest BCUT2D eigenvalue weighted by Gasteiger charge is 2.59. The van der Waals surface area contributed by atoms with E-state index in [-0.39, 0.29) is 41.3 Å². The number of carbonyl (C=O) groups is 3. The minimum absolute atomic E-state index is 0.123. The second kappa shape index (κ2) is 6.69. The molecule has 3 aliphatic rings. The smallest absolute Gasteiger partial charge is 0.238 e. The summed E-state index contributed by atoms with van der Waals surface area (Å²) in [7, 11) is 0. The number of ether oxygens (including phenoxy) is 1. The Morgan fingerprint density at radius 3 is 2.28 bits per heavy atom. The lowest BCUT2D eigenvalue weighted by Crippen LogP contribution is -2.33. The number of benzene rings is 2. The van der Waals surface area contributed by atoms with Gasteiger partial charge in [0.1, 0.15) is 5.75 Å². The van der Waals surface area contributed by atoms with Gasteiger partial charge in [-0.15, -0.1) is 0 Å². The van der Waals surface area contributed by atoms with Gasteiger partial charge in [-0.1, -0.05) is 48.6 Å². The molecule has 1 saturated carbocycles. The van der Waals surface area contributed by atoms with Gasteiger partial charge < -0.3 is 4.74 Å². The second-order valence-electron chi connectivity index (χ2n) is 8.00. The molecule has 146 valence electrons. The Kier molecular flexibility index (Phi) is 4.12. The van der Waals surface area contributed by atoms with E-state index in [9.17, 15) is 14.4 Å². The highest BCUT2D eigenvalue weighted by atomic mass is 16.5. The third kappa shape index (κ3) is 2.80. The number of amides is 2. The van der Waals surface area contributed by atoms with Crippen molar-refractivity contribution in [3.05, 3.63) is 72.3 Å². The first-order valence-electron chi connectivity index (χ1n) is 9.96. The molecule has 2 bridgehead atoms. The fourth-order valence-corrected chi connectivity index (χ4v) is 4.95. The zero-order chi connectivity index (χ0) is 20.1. The van der Waals surface area contributed by atoms with Crippen LogP contribution >= 0.6 is 0 Å². The molecule has 2 aromatic rings. The Bertz CT molecular complexity index is 998. The van der Waals surface area contributed by atoms with Crippen LogP contribution < -0.4 is 9.64 Å². The van der Waals surface area contributed by atoms with Gasteiger partial charge in [0.2, 0.25) is 17.6 Å². The van der Waals surface area contributed by atoms with Crippen molar-refractivity contribution in [2.45, 2.75) is 19.4 Å². The molecule has 1 saturated heterocycles. The quantitative estimate of drug-likeness (QED) is 0.446. The highest BCUT2D eigenvalue weighted by molar-refractivity contribution is 6.22. The number of nitrogens with zero attached hydrogens (tertiary/aromatic N) is 1. The average molecular weight is 387 g/mol. The van der Waals surface area contributed by atoms with Crippen LogP contribution in [-0.2, 0) is 9.59 Å². The van der Waals surface area contributed by atoms with Crippen LogP contribution in [0.5, 0.6) is 5.75 Å². The van der Waals surface area contributed by atoms with Crippen molar-refractivity contribution in [1.82, 2.24) is 0 Å². The Labute approximate surface area is 169 Å². The van der Waals surface area contributed by atoms with Crippen LogP contribution in [0.3, 0.4) is 0 Å². The van der Waals surface area contributed by atoms with Crippen LogP contribution in [-0.4, -0.2) is 23.7 Å². The van der Waals surface area contributed by atoms with Gasteiger partial charge >= 0.3 is 0 Å². The fraction of sp³-hybridized carbons (Fsp3) is 0.292. The molecule has 5 rings (SSSR count). The summed E-state index contributed by atoms with van der Waals surface area (Å²) in [4.78, 5) is 39.8. The summed E-state index contributed by atoms with van der Waals surface area (Å²) in [5.41, 5.74) is 1.09. The predicted octanol–water partition coefficient (Wildman–Crippen LogP) is 3.65. The van der Waals surface area contributed by atoms with Gasteiger partial charge in [-0.05, 0) is 37.3 Å². The molecule has 0 radical (unpaired) electrons. The van der Waals surface area contributed by atoms with Crippen molar-refractivity contribution in [2.75, 3.05) is 4.90 Å². The molecule has 5 atom stereocenters. The lowest BCUT2D eigenvalue weighted by Gasteiger charge is -2.19. The van der Waals surface area contributed by atoms with E-state index in [0.717, 1.165) is 6.42 Å². The molecule has 2 aliphatic carbocycles. The molecule has 1 heterocycles. The summed E-state index contributed by atoms with van der Waals surface area (Å²) >= 11 is 0. The summed E-state index contributed by atoms with van der Waals surface area (Å²) in [6.07, 6.45) is 4.38. The van der Waals surface area contributed by atoms with E-state index in [0.29, 0.717) is 17.0 Å². The number of Topliss-reactive ketones (excluding diaryl/α,β-unsaturated/α-hetero) is 1. The molecule has 2 amide bonds. The molecule has 0 unspecified atom stereocenters. The summed E-state index contributed by atoms with van der Waals surface area (Å²) < 4.78 is 5.84. The van der Waals surface area contributed by atoms with E-state index >= 15 is 0 Å². The van der Waals surface area contributed by atoms with Crippen molar-refractivity contribution in [3.63, 3.8) is 0 Å². The zero-order valence-electron chi connectivity index (χ0n) is 16.0. The van der Waals surface area contributed by atoms with Crippen LogP contribution in [0.2, 0.25) is 0 Å². The SMILES string of the molecule is C[C@@H](Oc1cccc(N2C(=O)[C@@H]3[C@H](C2=O)[C@H]2C=C[C@H]3C2)c1)C(=O)c1ccccc1. The summed E-state index contributed by atoms with van der Waals surface area (Å²) in [5.74, 6) is -0.0329. The van der Waals surface area contributed by atoms with Crippen molar-refractivity contribution in [3.8, 4) is 5.75 Å². The topological polar surface area (TPSA) is 63.7 Å². The number of rotatable bonds is 5. The van der Waals surface area contributed by atoms with E-state index in [2.05, 4.69) is 12.2 Å². The second-order valence-corrected chi connectivity index (χ2v) is 8.00. The number of ketones is 1. The minimum Gasteiger partial charge on any atom is -0.482 e. The van der Waals surface area contributed by atoms with Crippen LogP contribution in [0.25, 0.3) is 0 Å². The maximum Gasteiger partial charge on any atom is 0.238 e. The summed E-state index contributed by atoms with van der Waals surface area (Å²) in [6.45, 7) is 1.70. The van der Waals surface area contributed by atoms with E-state index in [1.54, 1.807) is 43.3 Å². The van der Waals surface area contributed by atoms with Crippen LogP contribution in [0.1, 0.15) is 23.7 Å². The normalized spacial score (nSPS) is 28.0. The van der Waals surface area contributed by atoms with Crippen molar-refractivity contribution < 1.29 is 19.1 Å². The first-order valence-corrected chi connectivity index (χ1v) is 9.96. The molecule has 1 aliphatic heterocycles. The standard InChI is InChI=1S/C24H21NO4/c1-14(22(26)15-6-3-2-4-7-15)29-19-9-5-8-18(13-19)25-23(27)20-16-10-11-17(12-16)21(20)24(25)28/h2-11,13-14,16-17,20-21H,12H2,1H3/t14-,16+,17+,20-,21+/m1/s1. The summed E-state index contributed by atoms with van der Waals surface area (Å²) in [5, 5.41) is 0. The highest BCUT2D eigenvalue weighted by Crippen LogP contribution is 2.53. The molecule has 29 heavy (non-hydrogen) atoms. The number of anilines is 1. The van der Waals surface area contributed by atoms with Gasteiger partial charge in [0, 0.05) is 11.6 Å². The molecule has 0 spiro atoms. The molecule has 5 nitrogen and oxygen atoms in total. The molecule has 2 fully saturated rings. The van der Waals surface area contributed by atoms with Crippen LogP contribution in [0.4, 0.5) is 5.69 Å². The number of hydrogen-bond donors (Lipinski definition) is 0. The fourth-order valence-electron chi connectivity index (χ4n) is 4.95. The molecule has 0 aromatic heterocycles. The molecule has 0 N–H and O–H groups in total. The number of imide groups is 1. The van der Waals surface area contributed by atoms with E-state index in [1.165, 1.54) is 4.90 Å². The number of hydrogen-bond acceptors (Lipinski definition) is 4. The number of allylic oxidation sites excluding steroid dienone is 2. The Hall–Kier alpha value is -3.21. The minimum atomic E-state index is -0.683. The first-order chi connectivity index (χ1) is 14.0. The lowest BCUT2D eigenvalue weighted by molar-refractivity contribution is -0.123. The van der Waals surface area contributed by atoms with Crippen molar-refractivity contribution >= 4 is 23.3 Å². The van der Waals surface area contributed by atoms with Gasteiger partial charge in [0.15, 0.2) is 6.10 Å².